The molecule has 0 aromatic carbocycles. The standard InChI is InChI=1S/C16H21N5O.2ClH/c1-12-10-13(2)21(19-12)15-5-4-14(11-18-15)16(22)20-8-3-6-17-7-9-20;;/h4-5,10-11,17H,3,6-9H2,1-2H3;2*1H. The Morgan fingerprint density at radius 3 is 2.58 bits per heavy atom. The lowest BCUT2D eigenvalue weighted by Crippen LogP contribution is -2.34. The maximum Gasteiger partial charge on any atom is 0.255 e. The number of halogens is 2. The van der Waals surface area contributed by atoms with E-state index < -0.39 is 0 Å². The third-order valence-electron chi connectivity index (χ3n) is 3.85. The minimum absolute atomic E-state index is 0. The fourth-order valence-electron chi connectivity index (χ4n) is 2.73. The van der Waals surface area contributed by atoms with E-state index in [-0.39, 0.29) is 30.7 Å². The van der Waals surface area contributed by atoms with E-state index >= 15 is 0 Å². The first kappa shape index (κ1) is 20.4. The van der Waals surface area contributed by atoms with Crippen LogP contribution >= 0.6 is 24.8 Å². The Hall–Kier alpha value is -1.63. The first-order valence-electron chi connectivity index (χ1n) is 7.65. The van der Waals surface area contributed by atoms with Crippen molar-refractivity contribution in [3.05, 3.63) is 41.3 Å². The molecule has 3 rings (SSSR count). The van der Waals surface area contributed by atoms with Crippen LogP contribution in [0.1, 0.15) is 28.2 Å². The quantitative estimate of drug-likeness (QED) is 0.878. The van der Waals surface area contributed by atoms with Crippen LogP contribution in [0.15, 0.2) is 24.4 Å². The molecule has 1 fully saturated rings. The van der Waals surface area contributed by atoms with Gasteiger partial charge < -0.3 is 10.2 Å². The largest absolute Gasteiger partial charge is 0.337 e. The van der Waals surface area contributed by atoms with Crippen LogP contribution in [0.2, 0.25) is 0 Å². The molecule has 0 saturated carbocycles. The van der Waals surface area contributed by atoms with Gasteiger partial charge in [-0.15, -0.1) is 24.8 Å². The third kappa shape index (κ3) is 4.47. The van der Waals surface area contributed by atoms with E-state index in [1.165, 1.54) is 0 Å². The summed E-state index contributed by atoms with van der Waals surface area (Å²) in [6.07, 6.45) is 2.63. The van der Waals surface area contributed by atoms with Gasteiger partial charge in [-0.05, 0) is 45.0 Å². The molecule has 0 aliphatic carbocycles. The summed E-state index contributed by atoms with van der Waals surface area (Å²) in [5.41, 5.74) is 2.62. The summed E-state index contributed by atoms with van der Waals surface area (Å²) in [5.74, 6) is 0.788. The predicted molar refractivity (Wildman–Crippen MR) is 98.7 cm³/mol. The van der Waals surface area contributed by atoms with Crippen molar-refractivity contribution >= 4 is 30.7 Å². The second-order valence-electron chi connectivity index (χ2n) is 5.64. The van der Waals surface area contributed by atoms with Gasteiger partial charge in [-0.2, -0.15) is 5.10 Å². The fraction of sp³-hybridized carbons (Fsp3) is 0.438. The Morgan fingerprint density at radius 1 is 1.17 bits per heavy atom. The number of nitrogens with zero attached hydrogens (tertiary/aromatic N) is 4. The van der Waals surface area contributed by atoms with Gasteiger partial charge in [0.2, 0.25) is 0 Å². The van der Waals surface area contributed by atoms with E-state index in [0.717, 1.165) is 49.8 Å². The van der Waals surface area contributed by atoms with E-state index in [4.69, 9.17) is 0 Å². The molecule has 0 unspecified atom stereocenters. The van der Waals surface area contributed by atoms with E-state index in [1.807, 2.05) is 36.9 Å². The lowest BCUT2D eigenvalue weighted by Gasteiger charge is -2.19. The van der Waals surface area contributed by atoms with Crippen LogP contribution in [0.3, 0.4) is 0 Å². The number of carbonyl (C=O) groups excluding carboxylic acids is 1. The molecule has 1 aliphatic heterocycles. The van der Waals surface area contributed by atoms with Crippen LogP contribution in [-0.4, -0.2) is 51.8 Å². The van der Waals surface area contributed by atoms with Gasteiger partial charge in [0, 0.05) is 31.5 Å². The highest BCUT2D eigenvalue weighted by molar-refractivity contribution is 5.94. The zero-order chi connectivity index (χ0) is 15.5. The summed E-state index contributed by atoms with van der Waals surface area (Å²) >= 11 is 0. The Kier molecular flexibility index (Phi) is 7.66. The summed E-state index contributed by atoms with van der Waals surface area (Å²) in [7, 11) is 0. The molecule has 0 spiro atoms. The Morgan fingerprint density at radius 2 is 1.96 bits per heavy atom. The number of hydrogen-bond donors (Lipinski definition) is 1. The van der Waals surface area contributed by atoms with Crippen molar-refractivity contribution in [3.63, 3.8) is 0 Å². The van der Waals surface area contributed by atoms with Crippen molar-refractivity contribution in [2.45, 2.75) is 20.3 Å². The first-order valence-corrected chi connectivity index (χ1v) is 7.65. The molecule has 1 saturated heterocycles. The second-order valence-corrected chi connectivity index (χ2v) is 5.64. The fourth-order valence-corrected chi connectivity index (χ4v) is 2.73. The summed E-state index contributed by atoms with van der Waals surface area (Å²) in [6, 6.07) is 5.69. The van der Waals surface area contributed by atoms with Gasteiger partial charge >= 0.3 is 0 Å². The average Bonchev–Trinajstić information content (AvgIpc) is 2.73. The van der Waals surface area contributed by atoms with E-state index in [9.17, 15) is 4.79 Å². The smallest absolute Gasteiger partial charge is 0.255 e. The highest BCUT2D eigenvalue weighted by atomic mass is 35.5. The number of hydrogen-bond acceptors (Lipinski definition) is 4. The molecule has 1 aliphatic rings. The van der Waals surface area contributed by atoms with Gasteiger partial charge in [-0.1, -0.05) is 0 Å². The summed E-state index contributed by atoms with van der Waals surface area (Å²) < 4.78 is 1.79. The molecule has 24 heavy (non-hydrogen) atoms. The molecule has 0 atom stereocenters. The van der Waals surface area contributed by atoms with Crippen molar-refractivity contribution in [2.24, 2.45) is 0 Å². The van der Waals surface area contributed by atoms with Crippen molar-refractivity contribution in [2.75, 3.05) is 26.2 Å². The number of rotatable bonds is 2. The van der Waals surface area contributed by atoms with Crippen LogP contribution < -0.4 is 5.32 Å². The summed E-state index contributed by atoms with van der Waals surface area (Å²) in [4.78, 5) is 18.8. The maximum absolute atomic E-state index is 12.5. The average molecular weight is 372 g/mol. The van der Waals surface area contributed by atoms with Gasteiger partial charge in [0.05, 0.1) is 11.3 Å². The topological polar surface area (TPSA) is 63.1 Å². The SMILES string of the molecule is Cc1cc(C)n(-c2ccc(C(=O)N3CCCNCC3)cn2)n1.Cl.Cl. The minimum atomic E-state index is 0. The van der Waals surface area contributed by atoms with Crippen LogP contribution in [0, 0.1) is 13.8 Å². The van der Waals surface area contributed by atoms with Crippen molar-refractivity contribution in [3.8, 4) is 5.82 Å². The lowest BCUT2D eigenvalue weighted by molar-refractivity contribution is 0.0766. The van der Waals surface area contributed by atoms with E-state index in [0.29, 0.717) is 5.56 Å². The van der Waals surface area contributed by atoms with Gasteiger partial charge in [0.25, 0.3) is 5.91 Å². The summed E-state index contributed by atoms with van der Waals surface area (Å²) in [6.45, 7) is 7.31. The molecule has 1 N–H and O–H groups in total. The zero-order valence-corrected chi connectivity index (χ0v) is 15.5. The zero-order valence-electron chi connectivity index (χ0n) is 13.9. The number of aromatic nitrogens is 3. The molecule has 8 heteroatoms. The van der Waals surface area contributed by atoms with E-state index in [2.05, 4.69) is 15.4 Å². The van der Waals surface area contributed by atoms with Gasteiger partial charge in [-0.25, -0.2) is 9.67 Å². The monoisotopic (exact) mass is 371 g/mol. The molecule has 2 aromatic rings. The lowest BCUT2D eigenvalue weighted by atomic mass is 10.2. The normalized spacial score (nSPS) is 14.3. The number of carbonyl (C=O) groups is 1. The molecule has 1 amide bonds. The predicted octanol–water partition coefficient (Wildman–Crippen LogP) is 2.16. The molecular weight excluding hydrogens is 349 g/mol. The molecule has 2 aromatic heterocycles. The van der Waals surface area contributed by atoms with Crippen molar-refractivity contribution in [1.82, 2.24) is 25.0 Å². The molecule has 0 radical (unpaired) electrons. The third-order valence-corrected chi connectivity index (χ3v) is 3.85. The first-order chi connectivity index (χ1) is 10.6. The molecule has 132 valence electrons. The molecule has 3 heterocycles. The van der Waals surface area contributed by atoms with Crippen molar-refractivity contribution in [1.29, 1.82) is 0 Å². The Labute approximate surface area is 154 Å². The minimum Gasteiger partial charge on any atom is -0.337 e. The van der Waals surface area contributed by atoms with Crippen LogP contribution in [0.5, 0.6) is 0 Å². The van der Waals surface area contributed by atoms with Gasteiger partial charge in [0.15, 0.2) is 5.82 Å². The highest BCUT2D eigenvalue weighted by Gasteiger charge is 2.17. The number of nitrogens with one attached hydrogen (secondary N) is 1. The number of amides is 1. The molecular formula is C16H23Cl2N5O. The van der Waals surface area contributed by atoms with Gasteiger partial charge in [-0.3, -0.25) is 4.79 Å². The van der Waals surface area contributed by atoms with Gasteiger partial charge in [0.1, 0.15) is 0 Å². The van der Waals surface area contributed by atoms with Crippen molar-refractivity contribution < 1.29 is 4.79 Å². The highest BCUT2D eigenvalue weighted by Crippen LogP contribution is 2.12. The second kappa shape index (κ2) is 9.01. The van der Waals surface area contributed by atoms with Crippen LogP contribution in [0.4, 0.5) is 0 Å². The Balaban J connectivity index is 0.00000144. The molecule has 0 bridgehead atoms. The maximum atomic E-state index is 12.5. The van der Waals surface area contributed by atoms with Crippen LogP contribution in [0.25, 0.3) is 5.82 Å². The van der Waals surface area contributed by atoms with E-state index in [1.54, 1.807) is 10.9 Å². The number of pyridine rings is 1. The summed E-state index contributed by atoms with van der Waals surface area (Å²) in [5, 5.41) is 7.71. The Bertz CT molecular complexity index is 664. The number of aryl methyl sites for hydroxylation is 2. The molecule has 6 nitrogen and oxygen atoms in total. The van der Waals surface area contributed by atoms with Crippen LogP contribution in [-0.2, 0) is 0 Å².